The Balaban J connectivity index is 1.11. The number of benzene rings is 9. The number of anilines is 2. The van der Waals surface area contributed by atoms with Crippen molar-refractivity contribution in [1.82, 2.24) is 4.57 Å². The molecule has 2 aliphatic carbocycles. The predicted octanol–water partition coefficient (Wildman–Crippen LogP) is 18.6. The van der Waals surface area contributed by atoms with Crippen LogP contribution >= 0.6 is 11.3 Å². The number of fused-ring (bicyclic) bond motifs is 14. The van der Waals surface area contributed by atoms with Crippen molar-refractivity contribution in [3.8, 4) is 49.5 Å². The minimum atomic E-state index is -0.200. The first-order valence-electron chi connectivity index (χ1n) is 27.3. The van der Waals surface area contributed by atoms with Gasteiger partial charge in [0.15, 0.2) is 7.28 Å². The van der Waals surface area contributed by atoms with Crippen molar-refractivity contribution in [3.63, 3.8) is 0 Å². The second kappa shape index (κ2) is 15.7. The van der Waals surface area contributed by atoms with Gasteiger partial charge < -0.3 is 14.3 Å². The van der Waals surface area contributed by atoms with Gasteiger partial charge in [-0.1, -0.05) is 183 Å². The second-order valence-corrected chi connectivity index (χ2v) is 26.0. The molecule has 0 saturated heterocycles. The number of rotatable bonds is 5. The lowest BCUT2D eigenvalue weighted by Gasteiger charge is -2.42. The summed E-state index contributed by atoms with van der Waals surface area (Å²) in [5, 5.41) is 10.1. The van der Waals surface area contributed by atoms with Crippen LogP contribution in [0.5, 0.6) is 0 Å². The molecule has 4 heterocycles. The Morgan fingerprint density at radius 1 is 0.566 bits per heavy atom. The van der Waals surface area contributed by atoms with Crippen LogP contribution in [0.15, 0.2) is 174 Å². The van der Waals surface area contributed by atoms with Gasteiger partial charge in [0.05, 0.1) is 16.4 Å². The molecule has 0 unspecified atom stereocenters. The molecule has 9 aromatic carbocycles. The fraction of sp³-hybridized carbons (Fsp3) is 0.211. The number of para-hydroxylation sites is 1. The van der Waals surface area contributed by atoms with E-state index in [1.165, 1.54) is 115 Å². The average Bonchev–Trinajstić information content (AvgIpc) is 4.14. The molecule has 0 saturated carbocycles. The Morgan fingerprint density at radius 2 is 1.24 bits per heavy atom. The van der Waals surface area contributed by atoms with Crippen molar-refractivity contribution < 1.29 is 4.42 Å². The SMILES string of the molecule is CC(C)(C)c1ccc(Nc2cc3c(cc2-c2c4c5c(c6cc7c(cc6n5-c5cc6c(-c8ccccc8)c(-c8ccccc8)sc6cc5[B]4)C(C)(C)CCC7(C)C)c4oc5ccccc5c24)-c2ccccc2C3(C)C)cc1. The number of nitrogens with one attached hydrogen (secondary N) is 1. The van der Waals surface area contributed by atoms with E-state index in [0.717, 1.165) is 51.7 Å². The average molecular weight is 1000 g/mol. The fourth-order valence-electron chi connectivity index (χ4n) is 13.8. The first-order valence-corrected chi connectivity index (χ1v) is 28.1. The van der Waals surface area contributed by atoms with Crippen LogP contribution in [-0.2, 0) is 21.7 Å². The maximum absolute atomic E-state index is 7.44. The quantitative estimate of drug-likeness (QED) is 0.174. The van der Waals surface area contributed by atoms with Gasteiger partial charge in [-0.15, -0.1) is 11.3 Å². The molecule has 0 atom stereocenters. The molecule has 3 aromatic heterocycles. The van der Waals surface area contributed by atoms with E-state index < -0.39 is 0 Å². The standard InChI is InChI=1S/C71H60BN2OS/c1-68(2,3)42-28-30-43(31-29-42)73-55-37-51-46(44-24-16-18-26-50(44)71(51,8)9)34-47(55)61-62-45-25-17-19-27-58(45)75-66(62)63-48-35-52-53(70(6,7)33-32-69(52,4)5)38-56(48)74-57-36-49-59(39-54(57)72-64(61)65(63)74)76-67(41-22-14-11-15-23-41)60(49)40-20-12-10-13-21-40/h10-31,34-39,73H,32-33H2,1-9H3. The van der Waals surface area contributed by atoms with E-state index in [0.29, 0.717) is 0 Å². The Labute approximate surface area is 450 Å². The van der Waals surface area contributed by atoms with E-state index in [9.17, 15) is 0 Å². The Morgan fingerprint density at radius 3 is 1.97 bits per heavy atom. The van der Waals surface area contributed by atoms with Gasteiger partial charge in [-0.25, -0.2) is 0 Å². The van der Waals surface area contributed by atoms with Crippen LogP contribution in [0.1, 0.15) is 103 Å². The maximum atomic E-state index is 7.44. The first kappa shape index (κ1) is 45.8. The minimum absolute atomic E-state index is 0.00455. The zero-order valence-corrected chi connectivity index (χ0v) is 45.7. The molecule has 0 bridgehead atoms. The predicted molar refractivity (Wildman–Crippen MR) is 326 cm³/mol. The number of thiophene rings is 1. The highest BCUT2D eigenvalue weighted by Crippen LogP contribution is 2.56. The Hall–Kier alpha value is -7.60. The number of furan rings is 1. The molecule has 1 aliphatic heterocycles. The summed E-state index contributed by atoms with van der Waals surface area (Å²) in [6.07, 6.45) is 2.27. The van der Waals surface area contributed by atoms with Crippen molar-refractivity contribution >= 4 is 94.7 Å². The number of nitrogens with zero attached hydrogens (tertiary/aromatic N) is 1. The zero-order valence-electron chi connectivity index (χ0n) is 44.9. The largest absolute Gasteiger partial charge is 0.455 e. The third-order valence-electron chi connectivity index (χ3n) is 18.0. The molecule has 0 amide bonds. The number of aromatic nitrogens is 1. The molecule has 3 nitrogen and oxygen atoms in total. The topological polar surface area (TPSA) is 30.1 Å². The van der Waals surface area contributed by atoms with E-state index in [1.807, 2.05) is 11.3 Å². The van der Waals surface area contributed by atoms with Crippen molar-refractivity contribution in [3.05, 3.63) is 198 Å². The first-order chi connectivity index (χ1) is 36.5. The van der Waals surface area contributed by atoms with Gasteiger partial charge in [0.2, 0.25) is 0 Å². The van der Waals surface area contributed by atoms with Gasteiger partial charge in [0.25, 0.3) is 0 Å². The molecule has 1 radical (unpaired) electrons. The van der Waals surface area contributed by atoms with Crippen molar-refractivity contribution in [2.45, 2.75) is 96.8 Å². The minimum Gasteiger partial charge on any atom is -0.455 e. The van der Waals surface area contributed by atoms with Gasteiger partial charge >= 0.3 is 0 Å². The third-order valence-corrected chi connectivity index (χ3v) is 19.2. The molecule has 0 fully saturated rings. The van der Waals surface area contributed by atoms with E-state index in [2.05, 4.69) is 249 Å². The van der Waals surface area contributed by atoms with Crippen LogP contribution < -0.4 is 16.2 Å². The normalized spacial score (nSPS) is 15.8. The van der Waals surface area contributed by atoms with Gasteiger partial charge in [-0.3, -0.25) is 0 Å². The molecule has 1 N–H and O–H groups in total. The van der Waals surface area contributed by atoms with Crippen LogP contribution in [0, 0.1) is 0 Å². The van der Waals surface area contributed by atoms with E-state index in [4.69, 9.17) is 4.42 Å². The third kappa shape index (κ3) is 6.48. The fourth-order valence-corrected chi connectivity index (χ4v) is 15.0. The number of hydrogen-bond acceptors (Lipinski definition) is 3. The molecule has 3 aliphatic rings. The maximum Gasteiger partial charge on any atom is 0.198 e. The van der Waals surface area contributed by atoms with Crippen molar-refractivity contribution in [2.24, 2.45) is 0 Å². The van der Waals surface area contributed by atoms with Gasteiger partial charge in [0, 0.05) is 64.7 Å². The molecular formula is C71H60BN2OS. The van der Waals surface area contributed by atoms with Crippen LogP contribution in [0.25, 0.3) is 103 Å². The summed E-state index contributed by atoms with van der Waals surface area (Å²) in [7, 11) is 2.54. The van der Waals surface area contributed by atoms with E-state index >= 15 is 0 Å². The van der Waals surface area contributed by atoms with Crippen LogP contribution in [0.3, 0.4) is 0 Å². The van der Waals surface area contributed by atoms with Crippen LogP contribution in [-0.4, -0.2) is 11.8 Å². The molecule has 369 valence electrons. The molecule has 0 spiro atoms. The highest BCUT2D eigenvalue weighted by molar-refractivity contribution is 7.23. The lowest BCUT2D eigenvalue weighted by atomic mass is 9.58. The van der Waals surface area contributed by atoms with Gasteiger partial charge in [0.1, 0.15) is 11.2 Å². The summed E-state index contributed by atoms with van der Waals surface area (Å²) in [5.74, 6) is 0. The Kier molecular flexibility index (Phi) is 9.48. The summed E-state index contributed by atoms with van der Waals surface area (Å²) in [4.78, 5) is 1.29. The molecular weight excluding hydrogens is 940 g/mol. The van der Waals surface area contributed by atoms with E-state index in [-0.39, 0.29) is 21.7 Å². The summed E-state index contributed by atoms with van der Waals surface area (Å²) in [5.41, 5.74) is 25.5. The molecule has 12 aromatic rings. The summed E-state index contributed by atoms with van der Waals surface area (Å²) in [6, 6.07) is 64.1. The highest BCUT2D eigenvalue weighted by Gasteiger charge is 2.41. The molecule has 5 heteroatoms. The summed E-state index contributed by atoms with van der Waals surface area (Å²) >= 11 is 1.91. The van der Waals surface area contributed by atoms with E-state index in [1.54, 1.807) is 0 Å². The molecule has 15 rings (SSSR count). The van der Waals surface area contributed by atoms with Gasteiger partial charge in [-0.05, 0) is 145 Å². The zero-order chi connectivity index (χ0) is 51.8. The monoisotopic (exact) mass is 999 g/mol. The highest BCUT2D eigenvalue weighted by atomic mass is 32.1. The van der Waals surface area contributed by atoms with Crippen molar-refractivity contribution in [1.29, 1.82) is 0 Å². The van der Waals surface area contributed by atoms with Crippen LogP contribution in [0.2, 0.25) is 0 Å². The lowest BCUT2D eigenvalue weighted by Crippen LogP contribution is -2.37. The summed E-state index contributed by atoms with van der Waals surface area (Å²) < 4.78 is 11.4. The lowest BCUT2D eigenvalue weighted by molar-refractivity contribution is 0.332. The van der Waals surface area contributed by atoms with Crippen LogP contribution in [0.4, 0.5) is 11.4 Å². The second-order valence-electron chi connectivity index (χ2n) is 25.0. The van der Waals surface area contributed by atoms with Gasteiger partial charge in [-0.2, -0.15) is 0 Å². The van der Waals surface area contributed by atoms with Crippen molar-refractivity contribution in [2.75, 3.05) is 5.32 Å². The number of hydrogen-bond donors (Lipinski definition) is 1. The molecule has 76 heavy (non-hydrogen) atoms. The Bertz CT molecular complexity index is 4440. The summed E-state index contributed by atoms with van der Waals surface area (Å²) in [6.45, 7) is 21.5. The smallest absolute Gasteiger partial charge is 0.198 e.